The summed E-state index contributed by atoms with van der Waals surface area (Å²) in [5.41, 5.74) is 0. The van der Waals surface area contributed by atoms with Crippen LogP contribution in [-0.2, 0) is 27.5 Å². The third-order valence-electron chi connectivity index (χ3n) is 0. The summed E-state index contributed by atoms with van der Waals surface area (Å²) < 4.78 is 34.1. The molecule has 0 bridgehead atoms. The van der Waals surface area contributed by atoms with Crippen LogP contribution in [0.3, 0.4) is 0 Å². The smallest absolute Gasteiger partial charge is 0.759 e. The van der Waals surface area contributed by atoms with Crippen molar-refractivity contribution in [1.29, 1.82) is 0 Å². The van der Waals surface area contributed by atoms with Gasteiger partial charge in [-0.3, -0.25) is 8.42 Å². The molecule has 0 spiro atoms. The first kappa shape index (κ1) is 15.7. The maximum Gasteiger partial charge on any atom is 2.00 e. The Hall–Kier alpha value is 0.922. The zero-order valence-electron chi connectivity index (χ0n) is 2.34. The molecule has 0 aromatic carbocycles. The summed E-state index contributed by atoms with van der Waals surface area (Å²) in [6.45, 7) is 0. The number of hydrogen-bond acceptors (Lipinski definition) is 4. The predicted octanol–water partition coefficient (Wildman–Crippen LogP) is -2.52. The molecule has 0 N–H and O–H groups in total. The van der Waals surface area contributed by atoms with Gasteiger partial charge in [-0.25, -0.2) is 0 Å². The van der Waals surface area contributed by atoms with Gasteiger partial charge in [0.25, 0.3) is 0 Å². The van der Waals surface area contributed by atoms with Crippen molar-refractivity contribution in [2.24, 2.45) is 0 Å². The molecule has 1 radical (unpaired) electrons. The van der Waals surface area contributed by atoms with Crippen LogP contribution in [0.2, 0.25) is 0 Å². The molecule has 7 heavy (non-hydrogen) atoms. The molecule has 7 heteroatoms. The van der Waals surface area contributed by atoms with Crippen LogP contribution in [0.25, 0.3) is 0 Å². The van der Waals surface area contributed by atoms with E-state index in [4.69, 9.17) is 17.5 Å². The van der Waals surface area contributed by atoms with Crippen LogP contribution in [0.1, 0.15) is 0 Å². The summed E-state index contributed by atoms with van der Waals surface area (Å²) in [6, 6.07) is 0. The van der Waals surface area contributed by atoms with E-state index in [0.29, 0.717) is 0 Å². The Labute approximate surface area is 62.5 Å². The molecule has 0 amide bonds. The summed E-state index contributed by atoms with van der Waals surface area (Å²) in [5, 5.41) is 0. The molecule has 0 saturated carbocycles. The Bertz CT molecular complexity index is 94.9. The maximum atomic E-state index is 8.52. The molecule has 47 valence electrons. The van der Waals surface area contributed by atoms with Gasteiger partial charge in [-0.05, 0) is 0 Å². The van der Waals surface area contributed by atoms with E-state index < -0.39 is 10.4 Å². The van der Waals surface area contributed by atoms with Gasteiger partial charge in [0.05, 0.1) is 0 Å². The molecule has 0 heterocycles. The predicted molar refractivity (Wildman–Crippen MR) is 20.4 cm³/mol. The molecular formula is H3AlCuO4S. The van der Waals surface area contributed by atoms with Gasteiger partial charge >= 0.3 is 17.1 Å². The van der Waals surface area contributed by atoms with E-state index >= 15 is 0 Å². The van der Waals surface area contributed by atoms with Crippen LogP contribution < -0.4 is 0 Å². The molecule has 0 aromatic rings. The Kier molecular flexibility index (Phi) is 11.3. The van der Waals surface area contributed by atoms with Gasteiger partial charge in [-0.2, -0.15) is 0 Å². The standard InChI is InChI=1S/Al.Cu.H2O4S.3H/c;;1-5(2,3)4;;;/h;;(H2,1,2,3,4);;;/q;+2;;;;/p-2. The molecule has 0 unspecified atom stereocenters. The average molecular weight is 190 g/mol. The summed E-state index contributed by atoms with van der Waals surface area (Å²) in [4.78, 5) is 0. The summed E-state index contributed by atoms with van der Waals surface area (Å²) in [6.07, 6.45) is 0. The fourth-order valence-corrected chi connectivity index (χ4v) is 0. The maximum absolute atomic E-state index is 8.52. The van der Waals surface area contributed by atoms with Gasteiger partial charge in [-0.1, -0.05) is 0 Å². The van der Waals surface area contributed by atoms with Gasteiger partial charge < -0.3 is 9.11 Å². The number of hydrogen-bond donors (Lipinski definition) is 0. The van der Waals surface area contributed by atoms with Crippen molar-refractivity contribution in [2.45, 2.75) is 0 Å². The zero-order chi connectivity index (χ0) is 4.50. The second-order valence-electron chi connectivity index (χ2n) is 0.408. The van der Waals surface area contributed by atoms with Crippen LogP contribution in [-0.4, -0.2) is 34.9 Å². The van der Waals surface area contributed by atoms with Gasteiger partial charge in [0.15, 0.2) is 17.4 Å². The minimum absolute atomic E-state index is 0. The molecule has 0 fully saturated rings. The van der Waals surface area contributed by atoms with Crippen LogP contribution in [0.15, 0.2) is 0 Å². The Morgan fingerprint density at radius 2 is 1.14 bits per heavy atom. The monoisotopic (exact) mass is 189 g/mol. The van der Waals surface area contributed by atoms with E-state index in [0.717, 1.165) is 0 Å². The minimum Gasteiger partial charge on any atom is -0.759 e. The number of rotatable bonds is 0. The van der Waals surface area contributed by atoms with Crippen molar-refractivity contribution >= 4 is 27.8 Å². The van der Waals surface area contributed by atoms with Gasteiger partial charge in [0.2, 0.25) is 0 Å². The molecule has 0 aliphatic carbocycles. The van der Waals surface area contributed by atoms with Crippen molar-refractivity contribution < 1.29 is 34.6 Å². The van der Waals surface area contributed by atoms with E-state index in [9.17, 15) is 0 Å². The molecule has 0 saturated heterocycles. The summed E-state index contributed by atoms with van der Waals surface area (Å²) in [7, 11) is -5.17. The second-order valence-corrected chi connectivity index (χ2v) is 1.22. The van der Waals surface area contributed by atoms with Crippen LogP contribution >= 0.6 is 0 Å². The van der Waals surface area contributed by atoms with Crippen molar-refractivity contribution in [3.8, 4) is 0 Å². The molecule has 0 atom stereocenters. The van der Waals surface area contributed by atoms with E-state index in [2.05, 4.69) is 0 Å². The molecule has 0 aliphatic heterocycles. The molecule has 0 aromatic heterocycles. The van der Waals surface area contributed by atoms with E-state index in [-0.39, 0.29) is 34.4 Å². The van der Waals surface area contributed by atoms with Crippen molar-refractivity contribution in [2.75, 3.05) is 0 Å². The fraction of sp³-hybridized carbons (Fsp3) is 0. The van der Waals surface area contributed by atoms with E-state index in [1.54, 1.807) is 0 Å². The molecule has 4 nitrogen and oxygen atoms in total. The van der Waals surface area contributed by atoms with Crippen LogP contribution in [0.4, 0.5) is 0 Å². The molecular weight excluding hydrogens is 187 g/mol. The fourth-order valence-electron chi connectivity index (χ4n) is 0. The third-order valence-corrected chi connectivity index (χ3v) is 0. The first-order chi connectivity index (χ1) is 2.00. The second kappa shape index (κ2) is 5.07. The summed E-state index contributed by atoms with van der Waals surface area (Å²) >= 11 is 0. The van der Waals surface area contributed by atoms with Gasteiger partial charge in [0.1, 0.15) is 0 Å². The molecule has 0 rings (SSSR count). The average Bonchev–Trinajstić information content (AvgIpc) is 0.722. The van der Waals surface area contributed by atoms with Crippen molar-refractivity contribution in [3.63, 3.8) is 0 Å². The molecule has 0 aliphatic rings. The largest absolute Gasteiger partial charge is 2.00 e. The van der Waals surface area contributed by atoms with E-state index in [1.165, 1.54) is 0 Å². The first-order valence-corrected chi connectivity index (χ1v) is 2.00. The Balaban J connectivity index is -0.0000000800. The van der Waals surface area contributed by atoms with E-state index in [1.807, 2.05) is 0 Å². The van der Waals surface area contributed by atoms with Gasteiger partial charge in [-0.15, -0.1) is 0 Å². The van der Waals surface area contributed by atoms with Crippen molar-refractivity contribution in [3.05, 3.63) is 0 Å². The van der Waals surface area contributed by atoms with Crippen LogP contribution in [0, 0.1) is 0 Å². The first-order valence-electron chi connectivity index (χ1n) is 0.667. The van der Waals surface area contributed by atoms with Crippen molar-refractivity contribution in [1.82, 2.24) is 0 Å². The third kappa shape index (κ3) is 197. The Morgan fingerprint density at radius 1 is 1.14 bits per heavy atom. The zero-order valence-corrected chi connectivity index (χ0v) is 4.10. The quantitative estimate of drug-likeness (QED) is 0.239. The Morgan fingerprint density at radius 3 is 1.14 bits per heavy atom. The summed E-state index contributed by atoms with van der Waals surface area (Å²) in [5.74, 6) is 0. The van der Waals surface area contributed by atoms with Gasteiger partial charge in [0, 0.05) is 10.4 Å². The SMILES string of the molecule is O=S(=O)([O-])[O-].[AlH3].[Cu+2]. The normalized spacial score (nSPS) is 8.29. The van der Waals surface area contributed by atoms with Crippen LogP contribution in [0.5, 0.6) is 0 Å². The minimum atomic E-state index is -5.17. The topological polar surface area (TPSA) is 80.3 Å².